The maximum absolute atomic E-state index is 12.1. The van der Waals surface area contributed by atoms with E-state index in [1.165, 1.54) is 28.8 Å². The van der Waals surface area contributed by atoms with Gasteiger partial charge in [0.2, 0.25) is 0 Å². The van der Waals surface area contributed by atoms with E-state index in [2.05, 4.69) is 10.3 Å². The van der Waals surface area contributed by atoms with Crippen molar-refractivity contribution in [3.8, 4) is 0 Å². The number of aromatic nitrogens is 2. The molecule has 0 aromatic carbocycles. The zero-order valence-electron chi connectivity index (χ0n) is 11.3. The number of nitrogens with one attached hydrogen (secondary N) is 1. The van der Waals surface area contributed by atoms with Crippen molar-refractivity contribution in [2.45, 2.75) is 19.9 Å². The van der Waals surface area contributed by atoms with Crippen LogP contribution in [0.4, 0.5) is 5.69 Å². The normalized spacial score (nSPS) is 10.4. The molecule has 1 amide bonds. The van der Waals surface area contributed by atoms with Crippen molar-refractivity contribution in [3.63, 3.8) is 0 Å². The van der Waals surface area contributed by atoms with Gasteiger partial charge < -0.3 is 9.88 Å². The molecule has 1 N–H and O–H groups in total. The largest absolute Gasteiger partial charge is 0.319 e. The highest BCUT2D eigenvalue weighted by atomic mass is 35.5. The molecule has 5 nitrogen and oxygen atoms in total. The number of pyridine rings is 2. The van der Waals surface area contributed by atoms with Crippen LogP contribution in [0.3, 0.4) is 0 Å². The molecule has 0 saturated heterocycles. The lowest BCUT2D eigenvalue weighted by Crippen LogP contribution is -2.21. The fourth-order valence-corrected chi connectivity index (χ4v) is 2.13. The molecule has 0 saturated carbocycles. The lowest BCUT2D eigenvalue weighted by atomic mass is 10.3. The van der Waals surface area contributed by atoms with Crippen LogP contribution < -0.4 is 10.9 Å². The number of amides is 1. The molecule has 21 heavy (non-hydrogen) atoms. The maximum Gasteiger partial charge on any atom is 0.275 e. The molecule has 0 bridgehead atoms. The molecule has 2 heterocycles. The van der Waals surface area contributed by atoms with Crippen molar-refractivity contribution in [1.29, 1.82) is 0 Å². The second kappa shape index (κ2) is 6.74. The predicted molar refractivity (Wildman–Crippen MR) is 83.2 cm³/mol. The summed E-state index contributed by atoms with van der Waals surface area (Å²) < 4.78 is 1.53. The van der Waals surface area contributed by atoms with Crippen LogP contribution in [0.1, 0.15) is 23.8 Å². The summed E-state index contributed by atoms with van der Waals surface area (Å²) in [7, 11) is 0. The van der Waals surface area contributed by atoms with Crippen LogP contribution in [0.5, 0.6) is 0 Å². The molecule has 0 aliphatic rings. The molecule has 7 heteroatoms. The van der Waals surface area contributed by atoms with Gasteiger partial charge in [-0.1, -0.05) is 30.1 Å². The maximum atomic E-state index is 12.1. The van der Waals surface area contributed by atoms with Crippen LogP contribution in [0.25, 0.3) is 0 Å². The average Bonchev–Trinajstić information content (AvgIpc) is 2.45. The van der Waals surface area contributed by atoms with Crippen molar-refractivity contribution in [3.05, 3.63) is 56.7 Å². The van der Waals surface area contributed by atoms with E-state index in [9.17, 15) is 9.59 Å². The monoisotopic (exact) mass is 325 g/mol. The van der Waals surface area contributed by atoms with Gasteiger partial charge in [0.25, 0.3) is 11.5 Å². The Hall–Kier alpha value is -1.85. The number of hydrogen-bond donors (Lipinski definition) is 1. The third-order valence-corrected chi connectivity index (χ3v) is 3.25. The quantitative estimate of drug-likeness (QED) is 0.878. The van der Waals surface area contributed by atoms with Gasteiger partial charge >= 0.3 is 0 Å². The van der Waals surface area contributed by atoms with E-state index in [1.54, 1.807) is 6.20 Å². The first kappa shape index (κ1) is 15.5. The van der Waals surface area contributed by atoms with Crippen LogP contribution in [0, 0.1) is 0 Å². The number of rotatable bonds is 4. The van der Waals surface area contributed by atoms with Crippen molar-refractivity contribution in [2.75, 3.05) is 5.32 Å². The average molecular weight is 326 g/mol. The van der Waals surface area contributed by atoms with E-state index in [0.29, 0.717) is 12.2 Å². The van der Waals surface area contributed by atoms with Gasteiger partial charge in [0.05, 0.1) is 10.7 Å². The fourth-order valence-electron chi connectivity index (χ4n) is 1.79. The smallest absolute Gasteiger partial charge is 0.275 e. The van der Waals surface area contributed by atoms with Crippen LogP contribution in [0.2, 0.25) is 10.2 Å². The number of anilines is 1. The van der Waals surface area contributed by atoms with Crippen molar-refractivity contribution in [1.82, 2.24) is 9.55 Å². The zero-order chi connectivity index (χ0) is 15.4. The van der Waals surface area contributed by atoms with Gasteiger partial charge in [-0.2, -0.15) is 0 Å². The van der Waals surface area contributed by atoms with Gasteiger partial charge in [-0.15, -0.1) is 0 Å². The Morgan fingerprint density at radius 2 is 2.05 bits per heavy atom. The Labute approximate surface area is 131 Å². The third kappa shape index (κ3) is 3.83. The Morgan fingerprint density at radius 1 is 1.29 bits per heavy atom. The van der Waals surface area contributed by atoms with Crippen molar-refractivity contribution >= 4 is 34.8 Å². The molecule has 0 fully saturated rings. The fraction of sp³-hybridized carbons (Fsp3) is 0.214. The van der Waals surface area contributed by atoms with Crippen LogP contribution in [-0.2, 0) is 6.54 Å². The van der Waals surface area contributed by atoms with Crippen molar-refractivity contribution < 1.29 is 4.79 Å². The van der Waals surface area contributed by atoms with Gasteiger partial charge in [0.15, 0.2) is 0 Å². The summed E-state index contributed by atoms with van der Waals surface area (Å²) >= 11 is 11.7. The van der Waals surface area contributed by atoms with Crippen molar-refractivity contribution in [2.24, 2.45) is 0 Å². The van der Waals surface area contributed by atoms with Gasteiger partial charge in [-0.05, 0) is 24.6 Å². The molecule has 0 spiro atoms. The summed E-state index contributed by atoms with van der Waals surface area (Å²) in [4.78, 5) is 27.7. The highest BCUT2D eigenvalue weighted by Crippen LogP contribution is 2.18. The first-order valence-corrected chi connectivity index (χ1v) is 7.10. The molecule has 2 rings (SSSR count). The molecule has 0 radical (unpaired) electrons. The van der Waals surface area contributed by atoms with Crippen LogP contribution in [0.15, 0.2) is 35.3 Å². The number of aryl methyl sites for hydroxylation is 1. The predicted octanol–water partition coefficient (Wildman–Crippen LogP) is 3.21. The topological polar surface area (TPSA) is 64.0 Å². The second-order valence-electron chi connectivity index (χ2n) is 4.37. The summed E-state index contributed by atoms with van der Waals surface area (Å²) in [5.41, 5.74) is 0.414. The molecule has 0 unspecified atom stereocenters. The van der Waals surface area contributed by atoms with Gasteiger partial charge in [0.1, 0.15) is 10.8 Å². The van der Waals surface area contributed by atoms with Gasteiger partial charge in [-0.3, -0.25) is 9.59 Å². The van der Waals surface area contributed by atoms with E-state index in [1.807, 2.05) is 6.92 Å². The summed E-state index contributed by atoms with van der Waals surface area (Å²) in [6, 6.07) is 5.94. The number of nitrogens with zero attached hydrogens (tertiary/aromatic N) is 2. The molecular formula is C14H13Cl2N3O2. The summed E-state index contributed by atoms with van der Waals surface area (Å²) in [5, 5.41) is 3.04. The highest BCUT2D eigenvalue weighted by Gasteiger charge is 2.13. The summed E-state index contributed by atoms with van der Waals surface area (Å²) in [6.07, 6.45) is 2.40. The summed E-state index contributed by atoms with van der Waals surface area (Å²) in [5.74, 6) is -0.482. The molecule has 0 aliphatic carbocycles. The minimum Gasteiger partial charge on any atom is -0.319 e. The molecule has 2 aromatic rings. The Kier molecular flexibility index (Phi) is 4.98. The van der Waals surface area contributed by atoms with E-state index in [4.69, 9.17) is 23.2 Å². The lowest BCUT2D eigenvalue weighted by molar-refractivity contribution is 0.102. The standard InChI is InChI=1S/C14H13Cl2N3O2/c1-2-7-19-8-9(3-6-12(19)20)17-14(21)13-10(15)4-5-11(16)18-13/h3-6,8H,2,7H2,1H3,(H,17,21). The Balaban J connectivity index is 2.25. The van der Waals surface area contributed by atoms with E-state index < -0.39 is 5.91 Å². The van der Waals surface area contributed by atoms with Gasteiger partial charge in [0, 0.05) is 18.8 Å². The number of hydrogen-bond acceptors (Lipinski definition) is 3. The van der Waals surface area contributed by atoms with Gasteiger partial charge in [-0.25, -0.2) is 4.98 Å². The molecule has 110 valence electrons. The van der Waals surface area contributed by atoms with Crippen LogP contribution in [-0.4, -0.2) is 15.5 Å². The summed E-state index contributed by atoms with van der Waals surface area (Å²) in [6.45, 7) is 2.55. The highest BCUT2D eigenvalue weighted by molar-refractivity contribution is 6.35. The number of carbonyl (C=O) groups is 1. The first-order chi connectivity index (χ1) is 10.0. The van der Waals surface area contributed by atoms with Crippen LogP contribution >= 0.6 is 23.2 Å². The van der Waals surface area contributed by atoms with E-state index >= 15 is 0 Å². The molecule has 0 atom stereocenters. The Bertz CT molecular complexity index is 728. The van der Waals surface area contributed by atoms with E-state index in [0.717, 1.165) is 6.42 Å². The molecular weight excluding hydrogens is 313 g/mol. The molecule has 0 aliphatic heterocycles. The Morgan fingerprint density at radius 3 is 2.76 bits per heavy atom. The number of halogens is 2. The third-order valence-electron chi connectivity index (χ3n) is 2.73. The zero-order valence-corrected chi connectivity index (χ0v) is 12.8. The second-order valence-corrected chi connectivity index (χ2v) is 5.16. The minimum atomic E-state index is -0.482. The number of carbonyl (C=O) groups excluding carboxylic acids is 1. The minimum absolute atomic E-state index is 0.0393. The SMILES string of the molecule is CCCn1cc(NC(=O)c2nc(Cl)ccc2Cl)ccc1=O. The molecule has 2 aromatic heterocycles. The lowest BCUT2D eigenvalue weighted by Gasteiger charge is -2.09. The first-order valence-electron chi connectivity index (χ1n) is 6.35. The van der Waals surface area contributed by atoms with E-state index in [-0.39, 0.29) is 21.4 Å².